The molecule has 1 aromatic rings. The normalized spacial score (nSPS) is 12.4. The Morgan fingerprint density at radius 1 is 1.24 bits per heavy atom. The van der Waals surface area contributed by atoms with Crippen molar-refractivity contribution in [2.75, 3.05) is 19.9 Å². The summed E-state index contributed by atoms with van der Waals surface area (Å²) in [5, 5.41) is 0. The molecular weight excluding hydrogens is 235 g/mol. The lowest BCUT2D eigenvalue weighted by atomic mass is 10.1. The van der Waals surface area contributed by atoms with E-state index in [0.29, 0.717) is 13.2 Å². The summed E-state index contributed by atoms with van der Waals surface area (Å²) in [6.07, 6.45) is 0.845. The summed E-state index contributed by atoms with van der Waals surface area (Å²) < 4.78 is 10.9. The molecule has 0 spiro atoms. The van der Waals surface area contributed by atoms with Gasteiger partial charge in [-0.25, -0.2) is 0 Å². The topological polar surface area (TPSA) is 35.5 Å². The zero-order valence-electron chi connectivity index (χ0n) is 10.6. The van der Waals surface area contributed by atoms with Gasteiger partial charge in [0, 0.05) is 12.2 Å². The number of rotatable bonds is 7. The van der Waals surface area contributed by atoms with Gasteiger partial charge in [-0.1, -0.05) is 24.3 Å². The van der Waals surface area contributed by atoms with E-state index in [1.807, 2.05) is 37.9 Å². The van der Waals surface area contributed by atoms with Crippen molar-refractivity contribution in [2.24, 2.45) is 0 Å². The van der Waals surface area contributed by atoms with Crippen LogP contribution >= 0.6 is 8.38 Å². The molecule has 0 heterocycles. The van der Waals surface area contributed by atoms with Crippen LogP contribution in [0.3, 0.4) is 0 Å². The molecule has 1 unspecified atom stereocenters. The third-order valence-electron chi connectivity index (χ3n) is 2.34. The Morgan fingerprint density at radius 3 is 2.41 bits per heavy atom. The molecule has 1 aromatic carbocycles. The fraction of sp³-hybridized carbons (Fsp3) is 0.462. The van der Waals surface area contributed by atoms with Crippen LogP contribution in [0.5, 0.6) is 0 Å². The minimum absolute atomic E-state index is 0.0984. The lowest BCUT2D eigenvalue weighted by Gasteiger charge is -2.11. The predicted octanol–water partition coefficient (Wildman–Crippen LogP) is 3.43. The molecule has 0 saturated heterocycles. The highest BCUT2D eigenvalue weighted by molar-refractivity contribution is 7.46. The van der Waals surface area contributed by atoms with Gasteiger partial charge < -0.3 is 9.05 Å². The molecule has 1 rings (SSSR count). The van der Waals surface area contributed by atoms with Crippen molar-refractivity contribution < 1.29 is 13.8 Å². The molecule has 0 aliphatic rings. The fourth-order valence-corrected chi connectivity index (χ4v) is 2.20. The van der Waals surface area contributed by atoms with Crippen LogP contribution in [0.4, 0.5) is 0 Å². The van der Waals surface area contributed by atoms with Gasteiger partial charge in [0.15, 0.2) is 14.2 Å². The minimum atomic E-state index is -0.748. The summed E-state index contributed by atoms with van der Waals surface area (Å²) >= 11 is 0. The second-order valence-electron chi connectivity index (χ2n) is 3.69. The fourth-order valence-electron chi connectivity index (χ4n) is 1.42. The Kier molecular flexibility index (Phi) is 6.35. The Labute approximate surface area is 104 Å². The molecule has 0 amide bonds. The van der Waals surface area contributed by atoms with Gasteiger partial charge in [-0.15, -0.1) is 0 Å². The molecule has 0 saturated carbocycles. The molecule has 0 fully saturated rings. The maximum absolute atomic E-state index is 11.1. The van der Waals surface area contributed by atoms with E-state index < -0.39 is 8.38 Å². The van der Waals surface area contributed by atoms with Crippen LogP contribution in [0.1, 0.15) is 29.8 Å². The van der Waals surface area contributed by atoms with E-state index in [2.05, 4.69) is 0 Å². The maximum Gasteiger partial charge on any atom is 0.167 e. The quantitative estimate of drug-likeness (QED) is 0.552. The number of Topliss-reactive ketones (excluding diaryl/α,β-unsaturated/α-hetero) is 1. The van der Waals surface area contributed by atoms with E-state index >= 15 is 0 Å². The third kappa shape index (κ3) is 5.40. The number of hydrogen-bond acceptors (Lipinski definition) is 3. The van der Waals surface area contributed by atoms with E-state index in [0.717, 1.165) is 12.0 Å². The predicted molar refractivity (Wildman–Crippen MR) is 70.6 cm³/mol. The highest BCUT2D eigenvalue weighted by Crippen LogP contribution is 2.32. The van der Waals surface area contributed by atoms with Gasteiger partial charge in [-0.3, -0.25) is 4.79 Å². The molecular formula is C13H19O3P. The second-order valence-corrected chi connectivity index (χ2v) is 5.09. The summed E-state index contributed by atoms with van der Waals surface area (Å²) in [5.41, 5.74) is 1.93. The largest absolute Gasteiger partial charge is 0.335 e. The molecule has 0 aliphatic carbocycles. The van der Waals surface area contributed by atoms with Crippen molar-refractivity contribution in [3.05, 3.63) is 35.4 Å². The number of hydrogen-bond donors (Lipinski definition) is 0. The van der Waals surface area contributed by atoms with E-state index in [1.165, 1.54) is 5.56 Å². The molecule has 0 bridgehead atoms. The van der Waals surface area contributed by atoms with Crippen molar-refractivity contribution in [1.82, 2.24) is 0 Å². The molecule has 3 nitrogen and oxygen atoms in total. The zero-order valence-corrected chi connectivity index (χ0v) is 11.5. The van der Waals surface area contributed by atoms with Crippen molar-refractivity contribution in [3.63, 3.8) is 0 Å². The Morgan fingerprint density at radius 2 is 1.88 bits per heavy atom. The van der Waals surface area contributed by atoms with Gasteiger partial charge in [0.1, 0.15) is 0 Å². The van der Waals surface area contributed by atoms with E-state index in [-0.39, 0.29) is 5.78 Å². The molecule has 17 heavy (non-hydrogen) atoms. The number of carbonyl (C=O) groups is 1. The molecule has 0 aromatic heterocycles. The lowest BCUT2D eigenvalue weighted by molar-refractivity contribution is 0.101. The van der Waals surface area contributed by atoms with Crippen LogP contribution in [0.15, 0.2) is 24.3 Å². The van der Waals surface area contributed by atoms with Crippen molar-refractivity contribution in [3.8, 4) is 0 Å². The maximum atomic E-state index is 11.1. The van der Waals surface area contributed by atoms with Crippen LogP contribution in [0.2, 0.25) is 0 Å². The Bertz CT molecular complexity index is 348. The van der Waals surface area contributed by atoms with Crippen LogP contribution in [-0.2, 0) is 15.5 Å². The lowest BCUT2D eigenvalue weighted by Crippen LogP contribution is -1.98. The first-order valence-corrected chi connectivity index (χ1v) is 7.35. The number of ketones is 1. The van der Waals surface area contributed by atoms with Crippen molar-refractivity contribution in [2.45, 2.75) is 20.3 Å². The SMILES string of the molecule is CCOP(C)OCCc1ccc(C(C)=O)cc1. The summed E-state index contributed by atoms with van der Waals surface area (Å²) in [6.45, 7) is 6.84. The highest BCUT2D eigenvalue weighted by atomic mass is 31.2. The number of carbonyl (C=O) groups excluding carboxylic acids is 1. The van der Waals surface area contributed by atoms with Gasteiger partial charge in [0.05, 0.1) is 13.2 Å². The van der Waals surface area contributed by atoms with Crippen LogP contribution < -0.4 is 0 Å². The van der Waals surface area contributed by atoms with E-state index in [1.54, 1.807) is 6.92 Å². The average molecular weight is 254 g/mol. The van der Waals surface area contributed by atoms with Crippen LogP contribution in [0, 0.1) is 0 Å². The van der Waals surface area contributed by atoms with Gasteiger partial charge in [0.2, 0.25) is 0 Å². The summed E-state index contributed by atoms with van der Waals surface area (Å²) in [7, 11) is -0.748. The van der Waals surface area contributed by atoms with Gasteiger partial charge in [0.25, 0.3) is 0 Å². The summed E-state index contributed by atoms with van der Waals surface area (Å²) in [5.74, 6) is 0.0984. The molecule has 0 N–H and O–H groups in total. The van der Waals surface area contributed by atoms with Crippen LogP contribution in [0.25, 0.3) is 0 Å². The van der Waals surface area contributed by atoms with Gasteiger partial charge in [-0.05, 0) is 25.8 Å². The summed E-state index contributed by atoms with van der Waals surface area (Å²) in [4.78, 5) is 11.1. The summed E-state index contributed by atoms with van der Waals surface area (Å²) in [6, 6.07) is 7.65. The molecule has 1 atom stereocenters. The van der Waals surface area contributed by atoms with Crippen molar-refractivity contribution in [1.29, 1.82) is 0 Å². The Balaban J connectivity index is 2.34. The molecule has 4 heteroatoms. The third-order valence-corrected chi connectivity index (χ3v) is 3.50. The highest BCUT2D eigenvalue weighted by Gasteiger charge is 2.02. The monoisotopic (exact) mass is 254 g/mol. The first-order chi connectivity index (χ1) is 8.13. The smallest absolute Gasteiger partial charge is 0.167 e. The minimum Gasteiger partial charge on any atom is -0.335 e. The van der Waals surface area contributed by atoms with Gasteiger partial charge >= 0.3 is 0 Å². The van der Waals surface area contributed by atoms with Crippen LogP contribution in [-0.4, -0.2) is 25.7 Å². The molecule has 0 radical (unpaired) electrons. The molecule has 0 aliphatic heterocycles. The Hall–Kier alpha value is -0.760. The van der Waals surface area contributed by atoms with E-state index in [4.69, 9.17) is 9.05 Å². The van der Waals surface area contributed by atoms with Gasteiger partial charge in [-0.2, -0.15) is 0 Å². The first kappa shape index (κ1) is 14.3. The van der Waals surface area contributed by atoms with E-state index in [9.17, 15) is 4.79 Å². The standard InChI is InChI=1S/C13H19O3P/c1-4-15-17(3)16-10-9-12-5-7-13(8-6-12)11(2)14/h5-8H,4,9-10H2,1-3H3. The number of benzene rings is 1. The second kappa shape index (κ2) is 7.54. The van der Waals surface area contributed by atoms with Crippen molar-refractivity contribution >= 4 is 14.2 Å². The average Bonchev–Trinajstić information content (AvgIpc) is 2.30. The first-order valence-electron chi connectivity index (χ1n) is 5.73. The zero-order chi connectivity index (χ0) is 12.7. The molecule has 94 valence electrons.